The molecule has 8 heteroatoms. The molecule has 0 bridgehead atoms. The van der Waals surface area contributed by atoms with E-state index in [-0.39, 0.29) is 16.5 Å². The summed E-state index contributed by atoms with van der Waals surface area (Å²) in [5, 5.41) is 2.75. The lowest BCUT2D eigenvalue weighted by Crippen LogP contribution is -2.29. The Morgan fingerprint density at radius 2 is 2.00 bits per heavy atom. The average molecular weight is 377 g/mol. The minimum Gasteiger partial charge on any atom is -0.492 e. The molecule has 1 heterocycles. The highest BCUT2D eigenvalue weighted by Crippen LogP contribution is 2.25. The van der Waals surface area contributed by atoms with E-state index in [1.54, 1.807) is 7.05 Å². The Balaban J connectivity index is 1.53. The maximum absolute atomic E-state index is 12.3. The van der Waals surface area contributed by atoms with Crippen LogP contribution >= 0.6 is 0 Å². The van der Waals surface area contributed by atoms with E-state index in [0.717, 1.165) is 18.6 Å². The van der Waals surface area contributed by atoms with Gasteiger partial charge < -0.3 is 14.6 Å². The number of rotatable bonds is 7. The van der Waals surface area contributed by atoms with Gasteiger partial charge in [-0.1, -0.05) is 6.07 Å². The van der Waals surface area contributed by atoms with E-state index >= 15 is 0 Å². The van der Waals surface area contributed by atoms with Gasteiger partial charge in [0, 0.05) is 13.2 Å². The molecule has 1 aromatic heterocycles. The number of carbonyl (C=O) groups excluding carboxylic acids is 1. The monoisotopic (exact) mass is 377 g/mol. The zero-order valence-corrected chi connectivity index (χ0v) is 15.7. The van der Waals surface area contributed by atoms with Crippen LogP contribution in [0.1, 0.15) is 28.0 Å². The number of carbonyl (C=O) groups is 1. The third kappa shape index (κ3) is 3.91. The number of benzene rings is 1. The smallest absolute Gasteiger partial charge is 0.268 e. The topological polar surface area (TPSA) is 89.4 Å². The summed E-state index contributed by atoms with van der Waals surface area (Å²) in [6, 6.07) is 7.47. The predicted molar refractivity (Wildman–Crippen MR) is 98.0 cm³/mol. The van der Waals surface area contributed by atoms with Crippen LogP contribution in [0.15, 0.2) is 35.4 Å². The van der Waals surface area contributed by atoms with Crippen molar-refractivity contribution in [2.45, 2.75) is 24.2 Å². The third-order valence-corrected chi connectivity index (χ3v) is 5.90. The number of hydrogen-bond acceptors (Lipinski definition) is 4. The Labute approximate surface area is 153 Å². The van der Waals surface area contributed by atoms with Gasteiger partial charge in [0.15, 0.2) is 0 Å². The van der Waals surface area contributed by atoms with Crippen LogP contribution in [0.2, 0.25) is 0 Å². The number of amides is 1. The van der Waals surface area contributed by atoms with Crippen molar-refractivity contribution >= 4 is 15.9 Å². The zero-order chi connectivity index (χ0) is 18.7. The quantitative estimate of drug-likeness (QED) is 0.711. The SMILES string of the molecule is CNS(=O)(=O)c1cc(C(=O)NCCOc2ccc3c(c2)CCC3)n(C)c1. The molecule has 0 unspecified atom stereocenters. The molecule has 1 aliphatic rings. The van der Waals surface area contributed by atoms with Gasteiger partial charge >= 0.3 is 0 Å². The molecule has 0 saturated heterocycles. The Morgan fingerprint density at radius 1 is 1.23 bits per heavy atom. The molecule has 7 nitrogen and oxygen atoms in total. The van der Waals surface area contributed by atoms with Gasteiger partial charge in [-0.25, -0.2) is 13.1 Å². The Morgan fingerprint density at radius 3 is 2.77 bits per heavy atom. The van der Waals surface area contributed by atoms with Crippen LogP contribution in [0.4, 0.5) is 0 Å². The zero-order valence-electron chi connectivity index (χ0n) is 14.9. The summed E-state index contributed by atoms with van der Waals surface area (Å²) in [5.74, 6) is 0.462. The molecule has 0 spiro atoms. The molecule has 2 aromatic rings. The second-order valence-electron chi connectivity index (χ2n) is 6.27. The maximum Gasteiger partial charge on any atom is 0.268 e. The fraction of sp³-hybridized carbons (Fsp3) is 0.389. The van der Waals surface area contributed by atoms with Crippen molar-refractivity contribution in [2.24, 2.45) is 7.05 Å². The minimum atomic E-state index is -3.58. The van der Waals surface area contributed by atoms with Crippen molar-refractivity contribution in [1.29, 1.82) is 0 Å². The van der Waals surface area contributed by atoms with Gasteiger partial charge in [0.05, 0.1) is 6.54 Å². The molecule has 2 N–H and O–H groups in total. The fourth-order valence-corrected chi connectivity index (χ4v) is 3.89. The largest absolute Gasteiger partial charge is 0.492 e. The Kier molecular flexibility index (Phi) is 5.33. The number of nitrogens with one attached hydrogen (secondary N) is 2. The van der Waals surface area contributed by atoms with E-state index in [2.05, 4.69) is 22.2 Å². The summed E-state index contributed by atoms with van der Waals surface area (Å²) >= 11 is 0. The van der Waals surface area contributed by atoms with Crippen LogP contribution in [0.3, 0.4) is 0 Å². The van der Waals surface area contributed by atoms with Crippen molar-refractivity contribution in [2.75, 3.05) is 20.2 Å². The highest BCUT2D eigenvalue weighted by molar-refractivity contribution is 7.89. The van der Waals surface area contributed by atoms with Crippen LogP contribution in [0.25, 0.3) is 0 Å². The first-order valence-corrected chi connectivity index (χ1v) is 10.0. The molecule has 0 fully saturated rings. The number of sulfonamides is 1. The molecular weight excluding hydrogens is 354 g/mol. The fourth-order valence-electron chi connectivity index (χ4n) is 3.09. The van der Waals surface area contributed by atoms with E-state index in [9.17, 15) is 13.2 Å². The molecule has 1 amide bonds. The molecule has 0 aliphatic heterocycles. The van der Waals surface area contributed by atoms with E-state index in [1.807, 2.05) is 6.07 Å². The first kappa shape index (κ1) is 18.5. The van der Waals surface area contributed by atoms with Crippen molar-refractivity contribution in [3.8, 4) is 5.75 Å². The highest BCUT2D eigenvalue weighted by atomic mass is 32.2. The van der Waals surface area contributed by atoms with Gasteiger partial charge in [-0.15, -0.1) is 0 Å². The van der Waals surface area contributed by atoms with Crippen molar-refractivity contribution < 1.29 is 17.9 Å². The van der Waals surface area contributed by atoms with E-state index in [4.69, 9.17) is 4.74 Å². The molecule has 0 atom stereocenters. The number of ether oxygens (including phenoxy) is 1. The molecule has 0 saturated carbocycles. The van der Waals surface area contributed by atoms with Crippen LogP contribution < -0.4 is 14.8 Å². The summed E-state index contributed by atoms with van der Waals surface area (Å²) in [4.78, 5) is 12.3. The van der Waals surface area contributed by atoms with Gasteiger partial charge in [-0.3, -0.25) is 4.79 Å². The number of nitrogens with zero attached hydrogens (tertiary/aromatic N) is 1. The standard InChI is InChI=1S/C18H23N3O4S/c1-19-26(23,24)16-11-17(21(2)12-16)18(22)20-8-9-25-15-7-6-13-4-3-5-14(13)10-15/h6-7,10-12,19H,3-5,8-9H2,1-2H3,(H,20,22). The van der Waals surface area contributed by atoms with E-state index < -0.39 is 10.0 Å². The first-order valence-electron chi connectivity index (χ1n) is 8.53. The number of hydrogen-bond donors (Lipinski definition) is 2. The van der Waals surface area contributed by atoms with Gasteiger partial charge in [0.25, 0.3) is 5.91 Å². The van der Waals surface area contributed by atoms with Gasteiger partial charge in [0.2, 0.25) is 10.0 Å². The van der Waals surface area contributed by atoms with Crippen molar-refractivity contribution in [1.82, 2.24) is 14.6 Å². The van der Waals surface area contributed by atoms with Crippen molar-refractivity contribution in [3.63, 3.8) is 0 Å². The van der Waals surface area contributed by atoms with E-state index in [0.29, 0.717) is 13.2 Å². The molecule has 26 heavy (non-hydrogen) atoms. The molecule has 1 aliphatic carbocycles. The van der Waals surface area contributed by atoms with Crippen LogP contribution in [-0.4, -0.2) is 39.1 Å². The minimum absolute atomic E-state index is 0.0574. The molecule has 140 valence electrons. The van der Waals surface area contributed by atoms with Crippen molar-refractivity contribution in [3.05, 3.63) is 47.3 Å². The lowest BCUT2D eigenvalue weighted by atomic mass is 10.1. The van der Waals surface area contributed by atoms with Gasteiger partial charge in [-0.05, 0) is 55.6 Å². The lowest BCUT2D eigenvalue weighted by Gasteiger charge is -2.09. The predicted octanol–water partition coefficient (Wildman–Crippen LogP) is 1.23. The highest BCUT2D eigenvalue weighted by Gasteiger charge is 2.19. The molecule has 1 aromatic carbocycles. The summed E-state index contributed by atoms with van der Waals surface area (Å²) < 4.78 is 33.0. The normalized spacial score (nSPS) is 13.5. The van der Waals surface area contributed by atoms with E-state index in [1.165, 1.54) is 41.4 Å². The number of fused-ring (bicyclic) bond motifs is 1. The number of aromatic nitrogens is 1. The summed E-state index contributed by atoms with van der Waals surface area (Å²) in [7, 11) is -0.614. The Hall–Kier alpha value is -2.32. The van der Waals surface area contributed by atoms with Gasteiger partial charge in [-0.2, -0.15) is 0 Å². The van der Waals surface area contributed by atoms with Crippen LogP contribution in [0, 0.1) is 0 Å². The molecule has 3 rings (SSSR count). The molecular formula is C18H23N3O4S. The van der Waals surface area contributed by atoms with Crippen LogP contribution in [0.5, 0.6) is 5.75 Å². The average Bonchev–Trinajstić information content (AvgIpc) is 3.24. The summed E-state index contributed by atoms with van der Waals surface area (Å²) in [6.45, 7) is 0.672. The van der Waals surface area contributed by atoms with Crippen LogP contribution in [-0.2, 0) is 29.9 Å². The van der Waals surface area contributed by atoms with Gasteiger partial charge in [0.1, 0.15) is 22.9 Å². The third-order valence-electron chi connectivity index (χ3n) is 4.52. The maximum atomic E-state index is 12.3. The molecule has 0 radical (unpaired) electrons. The number of aryl methyl sites for hydroxylation is 3. The lowest BCUT2D eigenvalue weighted by molar-refractivity contribution is 0.0939. The second kappa shape index (κ2) is 7.51. The first-order chi connectivity index (χ1) is 12.4. The Bertz CT molecular complexity index is 919. The second-order valence-corrected chi connectivity index (χ2v) is 8.15. The summed E-state index contributed by atoms with van der Waals surface area (Å²) in [5.41, 5.74) is 3.01. The summed E-state index contributed by atoms with van der Waals surface area (Å²) in [6.07, 6.45) is 4.82.